The van der Waals surface area contributed by atoms with Crippen molar-refractivity contribution in [3.05, 3.63) is 0 Å². The van der Waals surface area contributed by atoms with E-state index in [1.165, 1.54) is 0 Å². The van der Waals surface area contributed by atoms with E-state index in [1.54, 1.807) is 0 Å². The zero-order valence-corrected chi connectivity index (χ0v) is 9.24. The molecule has 2 aliphatic rings. The van der Waals surface area contributed by atoms with Crippen LogP contribution in [0.1, 0.15) is 26.2 Å². The maximum atomic E-state index is 11.7. The summed E-state index contributed by atoms with van der Waals surface area (Å²) in [5, 5.41) is 2.99. The van der Waals surface area contributed by atoms with Crippen LogP contribution in [0.3, 0.4) is 0 Å². The molecule has 1 heterocycles. The summed E-state index contributed by atoms with van der Waals surface area (Å²) in [4.78, 5) is 11.7. The summed E-state index contributed by atoms with van der Waals surface area (Å²) in [5.41, 5.74) is 5.68. The van der Waals surface area contributed by atoms with Crippen LogP contribution in [0, 0.1) is 11.8 Å². The smallest absolute Gasteiger partial charge is 0.225 e. The summed E-state index contributed by atoms with van der Waals surface area (Å²) in [6.07, 6.45) is 3.20. The Labute approximate surface area is 90.5 Å². The van der Waals surface area contributed by atoms with Gasteiger partial charge in [0.1, 0.15) is 0 Å². The molecule has 0 aromatic carbocycles. The Bertz CT molecular complexity index is 239. The third kappa shape index (κ3) is 2.69. The number of nitrogens with two attached hydrogens (primary N) is 1. The lowest BCUT2D eigenvalue weighted by Crippen LogP contribution is -2.44. The van der Waals surface area contributed by atoms with Crippen LogP contribution >= 0.6 is 0 Å². The van der Waals surface area contributed by atoms with Crippen LogP contribution in [0.4, 0.5) is 0 Å². The number of rotatable bonds is 3. The van der Waals surface area contributed by atoms with Gasteiger partial charge in [-0.05, 0) is 32.1 Å². The van der Waals surface area contributed by atoms with Crippen LogP contribution in [0.15, 0.2) is 0 Å². The first-order valence-corrected chi connectivity index (χ1v) is 5.80. The number of carbonyl (C=O) groups excluding carboxylic acids is 1. The van der Waals surface area contributed by atoms with E-state index in [0.717, 1.165) is 25.8 Å². The van der Waals surface area contributed by atoms with Crippen LogP contribution in [0.2, 0.25) is 0 Å². The van der Waals surface area contributed by atoms with Gasteiger partial charge in [0.05, 0.1) is 18.6 Å². The molecule has 0 bridgehead atoms. The maximum absolute atomic E-state index is 11.7. The van der Waals surface area contributed by atoms with Crippen molar-refractivity contribution in [1.82, 2.24) is 5.32 Å². The standard InChI is InChI=1S/C11H20N2O2/c1-7-2-9(6-15-7)11(14)13-5-8-3-10(12)4-8/h7-10H,2-6,12H2,1H3,(H,13,14). The number of hydrogen-bond acceptors (Lipinski definition) is 3. The monoisotopic (exact) mass is 212 g/mol. The maximum Gasteiger partial charge on any atom is 0.225 e. The van der Waals surface area contributed by atoms with Gasteiger partial charge in [0.15, 0.2) is 0 Å². The molecular formula is C11H20N2O2. The van der Waals surface area contributed by atoms with Gasteiger partial charge in [-0.1, -0.05) is 0 Å². The van der Waals surface area contributed by atoms with E-state index < -0.39 is 0 Å². The van der Waals surface area contributed by atoms with Gasteiger partial charge >= 0.3 is 0 Å². The number of amides is 1. The quantitative estimate of drug-likeness (QED) is 0.705. The first kappa shape index (κ1) is 10.9. The first-order valence-electron chi connectivity index (χ1n) is 5.80. The Morgan fingerprint density at radius 3 is 2.73 bits per heavy atom. The molecule has 1 amide bonds. The molecule has 4 nitrogen and oxygen atoms in total. The molecule has 86 valence electrons. The minimum Gasteiger partial charge on any atom is -0.378 e. The predicted molar refractivity (Wildman–Crippen MR) is 57.2 cm³/mol. The molecule has 1 saturated heterocycles. The highest BCUT2D eigenvalue weighted by atomic mass is 16.5. The molecular weight excluding hydrogens is 192 g/mol. The summed E-state index contributed by atoms with van der Waals surface area (Å²) in [6.45, 7) is 3.38. The Morgan fingerprint density at radius 1 is 1.47 bits per heavy atom. The molecule has 0 radical (unpaired) electrons. The van der Waals surface area contributed by atoms with Gasteiger partial charge in [-0.25, -0.2) is 0 Å². The van der Waals surface area contributed by atoms with Crippen LogP contribution < -0.4 is 11.1 Å². The van der Waals surface area contributed by atoms with Crippen LogP contribution in [-0.2, 0) is 9.53 Å². The van der Waals surface area contributed by atoms with Crippen molar-refractivity contribution >= 4 is 5.91 Å². The normalized spacial score (nSPS) is 39.9. The van der Waals surface area contributed by atoms with Gasteiger partial charge < -0.3 is 15.8 Å². The molecule has 0 aromatic heterocycles. The average molecular weight is 212 g/mol. The summed E-state index contributed by atoms with van der Waals surface area (Å²) < 4.78 is 5.37. The second-order valence-electron chi connectivity index (χ2n) is 4.92. The molecule has 1 saturated carbocycles. The van der Waals surface area contributed by atoms with Crippen LogP contribution in [-0.4, -0.2) is 31.2 Å². The SMILES string of the molecule is CC1CC(C(=O)NCC2CC(N)C2)CO1. The Hall–Kier alpha value is -0.610. The molecule has 2 fully saturated rings. The van der Waals surface area contributed by atoms with Crippen molar-refractivity contribution in [2.75, 3.05) is 13.2 Å². The van der Waals surface area contributed by atoms with E-state index >= 15 is 0 Å². The molecule has 0 aromatic rings. The van der Waals surface area contributed by atoms with Crippen molar-refractivity contribution in [2.24, 2.45) is 17.6 Å². The van der Waals surface area contributed by atoms with Crippen molar-refractivity contribution < 1.29 is 9.53 Å². The Morgan fingerprint density at radius 2 is 2.20 bits per heavy atom. The number of carbonyl (C=O) groups is 1. The van der Waals surface area contributed by atoms with E-state index in [2.05, 4.69) is 5.32 Å². The lowest BCUT2D eigenvalue weighted by Gasteiger charge is -2.32. The van der Waals surface area contributed by atoms with Crippen molar-refractivity contribution in [3.63, 3.8) is 0 Å². The molecule has 4 heteroatoms. The Balaban J connectivity index is 1.64. The van der Waals surface area contributed by atoms with Gasteiger partial charge in [0, 0.05) is 12.6 Å². The fraction of sp³-hybridized carbons (Fsp3) is 0.909. The minimum absolute atomic E-state index is 0.0637. The van der Waals surface area contributed by atoms with E-state index in [9.17, 15) is 4.79 Å². The van der Waals surface area contributed by atoms with Crippen LogP contribution in [0.5, 0.6) is 0 Å². The van der Waals surface area contributed by atoms with Gasteiger partial charge in [-0.2, -0.15) is 0 Å². The summed E-state index contributed by atoms with van der Waals surface area (Å²) in [6, 6.07) is 0.363. The second kappa shape index (κ2) is 4.49. The number of nitrogens with one attached hydrogen (secondary N) is 1. The minimum atomic E-state index is 0.0637. The predicted octanol–water partition coefficient (Wildman–Crippen LogP) is 0.265. The van der Waals surface area contributed by atoms with E-state index in [0.29, 0.717) is 18.6 Å². The highest BCUT2D eigenvalue weighted by molar-refractivity contribution is 5.79. The van der Waals surface area contributed by atoms with Crippen molar-refractivity contribution in [2.45, 2.75) is 38.3 Å². The lowest BCUT2D eigenvalue weighted by atomic mass is 9.81. The molecule has 2 atom stereocenters. The van der Waals surface area contributed by atoms with Crippen molar-refractivity contribution in [1.29, 1.82) is 0 Å². The molecule has 2 unspecified atom stereocenters. The molecule has 0 spiro atoms. The Kier molecular flexibility index (Phi) is 3.26. The highest BCUT2D eigenvalue weighted by Crippen LogP contribution is 2.25. The molecule has 2 rings (SSSR count). The average Bonchev–Trinajstić information content (AvgIpc) is 2.57. The topological polar surface area (TPSA) is 64.4 Å². The molecule has 15 heavy (non-hydrogen) atoms. The first-order chi connectivity index (χ1) is 7.15. The highest BCUT2D eigenvalue weighted by Gasteiger charge is 2.30. The summed E-state index contributed by atoms with van der Waals surface area (Å²) in [5.74, 6) is 0.817. The lowest BCUT2D eigenvalue weighted by molar-refractivity contribution is -0.125. The third-order valence-corrected chi connectivity index (χ3v) is 3.41. The fourth-order valence-corrected chi connectivity index (χ4v) is 2.34. The summed E-state index contributed by atoms with van der Waals surface area (Å²) >= 11 is 0. The zero-order chi connectivity index (χ0) is 10.8. The third-order valence-electron chi connectivity index (χ3n) is 3.41. The van der Waals surface area contributed by atoms with Gasteiger partial charge in [0.2, 0.25) is 5.91 Å². The van der Waals surface area contributed by atoms with Crippen LogP contribution in [0.25, 0.3) is 0 Å². The second-order valence-corrected chi connectivity index (χ2v) is 4.92. The largest absolute Gasteiger partial charge is 0.378 e. The van der Waals surface area contributed by atoms with Gasteiger partial charge in [-0.15, -0.1) is 0 Å². The molecule has 1 aliphatic heterocycles. The number of ether oxygens (including phenoxy) is 1. The van der Waals surface area contributed by atoms with Gasteiger partial charge in [-0.3, -0.25) is 4.79 Å². The van der Waals surface area contributed by atoms with E-state index in [1.807, 2.05) is 6.92 Å². The molecule has 3 N–H and O–H groups in total. The van der Waals surface area contributed by atoms with E-state index in [4.69, 9.17) is 10.5 Å². The van der Waals surface area contributed by atoms with E-state index in [-0.39, 0.29) is 17.9 Å². The summed E-state index contributed by atoms with van der Waals surface area (Å²) in [7, 11) is 0. The van der Waals surface area contributed by atoms with Crippen molar-refractivity contribution in [3.8, 4) is 0 Å². The number of hydrogen-bond donors (Lipinski definition) is 2. The fourth-order valence-electron chi connectivity index (χ4n) is 2.34. The molecule has 1 aliphatic carbocycles. The zero-order valence-electron chi connectivity index (χ0n) is 9.24. The van der Waals surface area contributed by atoms with Gasteiger partial charge in [0.25, 0.3) is 0 Å².